The lowest BCUT2D eigenvalue weighted by Crippen LogP contribution is -2.12. The number of ketones is 1. The highest BCUT2D eigenvalue weighted by Crippen LogP contribution is 2.35. The van der Waals surface area contributed by atoms with Gasteiger partial charge in [0.05, 0.1) is 12.7 Å². The van der Waals surface area contributed by atoms with Crippen LogP contribution in [-0.2, 0) is 9.53 Å². The predicted octanol–water partition coefficient (Wildman–Crippen LogP) is 3.62. The van der Waals surface area contributed by atoms with E-state index in [0.29, 0.717) is 17.1 Å². The number of methoxy groups -OCH3 is 1. The fourth-order valence-electron chi connectivity index (χ4n) is 2.21. The van der Waals surface area contributed by atoms with Gasteiger partial charge in [-0.3, -0.25) is 4.79 Å². The summed E-state index contributed by atoms with van der Waals surface area (Å²) in [6.07, 6.45) is 1.68. The lowest BCUT2D eigenvalue weighted by atomic mass is 10.1. The molecule has 1 aliphatic heterocycles. The van der Waals surface area contributed by atoms with Crippen LogP contribution in [0.25, 0.3) is 6.08 Å². The molecular formula is C18H13BrO5. The molecule has 0 atom stereocenters. The molecule has 122 valence electrons. The van der Waals surface area contributed by atoms with Crippen LogP contribution in [-0.4, -0.2) is 25.5 Å². The molecule has 0 unspecified atom stereocenters. The number of allylic oxidation sites excluding steroid dienone is 1. The van der Waals surface area contributed by atoms with Crippen molar-refractivity contribution in [3.8, 4) is 11.5 Å². The molecule has 0 saturated carbocycles. The van der Waals surface area contributed by atoms with Crippen molar-refractivity contribution in [3.05, 3.63) is 63.8 Å². The van der Waals surface area contributed by atoms with Crippen molar-refractivity contribution < 1.29 is 23.8 Å². The van der Waals surface area contributed by atoms with Crippen molar-refractivity contribution >= 4 is 33.8 Å². The van der Waals surface area contributed by atoms with Gasteiger partial charge in [-0.15, -0.1) is 0 Å². The summed E-state index contributed by atoms with van der Waals surface area (Å²) in [6, 6.07) is 12.4. The zero-order valence-corrected chi connectivity index (χ0v) is 14.3. The SMILES string of the molecule is COC(=O)COc1ccc2c(c1)O/C(=C/c1cccc(Br)c1)C2=O. The molecular weight excluding hydrogens is 376 g/mol. The van der Waals surface area contributed by atoms with Crippen LogP contribution < -0.4 is 9.47 Å². The second kappa shape index (κ2) is 6.88. The van der Waals surface area contributed by atoms with Crippen molar-refractivity contribution in [1.82, 2.24) is 0 Å². The maximum atomic E-state index is 12.4. The molecule has 0 N–H and O–H groups in total. The monoisotopic (exact) mass is 388 g/mol. The van der Waals surface area contributed by atoms with E-state index in [-0.39, 0.29) is 18.1 Å². The van der Waals surface area contributed by atoms with Gasteiger partial charge in [-0.2, -0.15) is 0 Å². The quantitative estimate of drug-likeness (QED) is 0.591. The summed E-state index contributed by atoms with van der Waals surface area (Å²) in [4.78, 5) is 23.5. The first kappa shape index (κ1) is 16.3. The highest BCUT2D eigenvalue weighted by atomic mass is 79.9. The Morgan fingerprint density at radius 3 is 2.83 bits per heavy atom. The minimum Gasteiger partial charge on any atom is -0.482 e. The zero-order chi connectivity index (χ0) is 17.1. The molecule has 0 amide bonds. The Labute approximate surface area is 147 Å². The van der Waals surface area contributed by atoms with Crippen LogP contribution in [0.5, 0.6) is 11.5 Å². The summed E-state index contributed by atoms with van der Waals surface area (Å²) in [5, 5.41) is 0. The van der Waals surface area contributed by atoms with Crippen LogP contribution in [0.1, 0.15) is 15.9 Å². The largest absolute Gasteiger partial charge is 0.482 e. The number of Topliss-reactive ketones (excluding diaryl/α,β-unsaturated/α-hetero) is 1. The summed E-state index contributed by atoms with van der Waals surface area (Å²) < 4.78 is 16.4. The van der Waals surface area contributed by atoms with Gasteiger partial charge in [0, 0.05) is 10.5 Å². The van der Waals surface area contributed by atoms with Gasteiger partial charge in [0.25, 0.3) is 0 Å². The lowest BCUT2D eigenvalue weighted by Gasteiger charge is -2.05. The number of fused-ring (bicyclic) bond motifs is 1. The van der Waals surface area contributed by atoms with E-state index in [1.807, 2.05) is 24.3 Å². The molecule has 1 heterocycles. The van der Waals surface area contributed by atoms with E-state index in [1.54, 1.807) is 24.3 Å². The molecule has 6 heteroatoms. The number of ether oxygens (including phenoxy) is 3. The van der Waals surface area contributed by atoms with Crippen molar-refractivity contribution in [2.75, 3.05) is 13.7 Å². The van der Waals surface area contributed by atoms with Crippen molar-refractivity contribution in [2.45, 2.75) is 0 Å². The number of carbonyl (C=O) groups is 2. The van der Waals surface area contributed by atoms with Gasteiger partial charge in [0.2, 0.25) is 5.78 Å². The van der Waals surface area contributed by atoms with Crippen molar-refractivity contribution in [2.24, 2.45) is 0 Å². The van der Waals surface area contributed by atoms with Gasteiger partial charge in [-0.25, -0.2) is 4.79 Å². The predicted molar refractivity (Wildman–Crippen MR) is 91.0 cm³/mol. The first-order chi connectivity index (χ1) is 11.6. The molecule has 0 spiro atoms. The third kappa shape index (κ3) is 3.49. The second-order valence-electron chi connectivity index (χ2n) is 5.02. The standard InChI is InChI=1S/C18H13BrO5/c1-22-17(20)10-23-13-5-6-14-15(9-13)24-16(18(14)21)8-11-3-2-4-12(19)7-11/h2-9H,10H2,1H3/b16-8+. The minimum absolute atomic E-state index is 0.190. The molecule has 0 aromatic heterocycles. The lowest BCUT2D eigenvalue weighted by molar-refractivity contribution is -0.142. The fourth-order valence-corrected chi connectivity index (χ4v) is 2.62. The molecule has 0 fully saturated rings. The van der Waals surface area contributed by atoms with Gasteiger partial charge in [-0.1, -0.05) is 28.1 Å². The fraction of sp³-hybridized carbons (Fsp3) is 0.111. The Morgan fingerprint density at radius 1 is 1.25 bits per heavy atom. The van der Waals surface area contributed by atoms with Gasteiger partial charge >= 0.3 is 5.97 Å². The van der Waals surface area contributed by atoms with Crippen LogP contribution in [0, 0.1) is 0 Å². The second-order valence-corrected chi connectivity index (χ2v) is 5.93. The maximum absolute atomic E-state index is 12.4. The summed E-state index contributed by atoms with van der Waals surface area (Å²) in [5.41, 5.74) is 1.31. The van der Waals surface area contributed by atoms with Crippen LogP contribution >= 0.6 is 15.9 Å². The number of rotatable bonds is 4. The highest BCUT2D eigenvalue weighted by Gasteiger charge is 2.27. The molecule has 2 aromatic carbocycles. The Balaban J connectivity index is 1.81. The van der Waals surface area contributed by atoms with Gasteiger partial charge in [-0.05, 0) is 35.9 Å². The third-order valence-corrected chi connectivity index (χ3v) is 3.87. The molecule has 3 rings (SSSR count). The number of hydrogen-bond acceptors (Lipinski definition) is 5. The third-order valence-electron chi connectivity index (χ3n) is 3.37. The van der Waals surface area contributed by atoms with E-state index < -0.39 is 5.97 Å². The topological polar surface area (TPSA) is 61.8 Å². The van der Waals surface area contributed by atoms with Gasteiger partial charge < -0.3 is 14.2 Å². The zero-order valence-electron chi connectivity index (χ0n) is 12.7. The molecule has 0 bridgehead atoms. The van der Waals surface area contributed by atoms with E-state index in [1.165, 1.54) is 7.11 Å². The van der Waals surface area contributed by atoms with Crippen molar-refractivity contribution in [3.63, 3.8) is 0 Å². The van der Waals surface area contributed by atoms with Crippen molar-refractivity contribution in [1.29, 1.82) is 0 Å². The minimum atomic E-state index is -0.484. The Kier molecular flexibility index (Phi) is 4.66. The molecule has 0 saturated heterocycles. The number of benzene rings is 2. The summed E-state index contributed by atoms with van der Waals surface area (Å²) >= 11 is 3.39. The maximum Gasteiger partial charge on any atom is 0.343 e. The van der Waals surface area contributed by atoms with Gasteiger partial charge in [0.15, 0.2) is 12.4 Å². The first-order valence-electron chi connectivity index (χ1n) is 7.10. The number of hydrogen-bond donors (Lipinski definition) is 0. The Hall–Kier alpha value is -2.60. The Bertz CT molecular complexity index is 841. The highest BCUT2D eigenvalue weighted by molar-refractivity contribution is 9.10. The molecule has 0 aliphatic carbocycles. The molecule has 5 nitrogen and oxygen atoms in total. The number of halogens is 1. The van der Waals surface area contributed by atoms with E-state index in [2.05, 4.69) is 20.7 Å². The summed E-state index contributed by atoms with van der Waals surface area (Å²) in [5.74, 6) is 0.403. The Morgan fingerprint density at radius 2 is 2.08 bits per heavy atom. The van der Waals surface area contributed by atoms with E-state index in [0.717, 1.165) is 10.0 Å². The average molecular weight is 389 g/mol. The van der Waals surface area contributed by atoms with E-state index in [9.17, 15) is 9.59 Å². The molecule has 1 aliphatic rings. The number of esters is 1. The van der Waals surface area contributed by atoms with Crippen LogP contribution in [0.3, 0.4) is 0 Å². The molecule has 2 aromatic rings. The molecule has 0 radical (unpaired) electrons. The summed E-state index contributed by atoms with van der Waals surface area (Å²) in [7, 11) is 1.29. The first-order valence-corrected chi connectivity index (χ1v) is 7.89. The van der Waals surface area contributed by atoms with Crippen LogP contribution in [0.15, 0.2) is 52.7 Å². The summed E-state index contributed by atoms with van der Waals surface area (Å²) in [6.45, 7) is -0.204. The average Bonchev–Trinajstić information content (AvgIpc) is 2.88. The number of carbonyl (C=O) groups excluding carboxylic acids is 2. The smallest absolute Gasteiger partial charge is 0.343 e. The van der Waals surface area contributed by atoms with Crippen LogP contribution in [0.4, 0.5) is 0 Å². The normalized spacial score (nSPS) is 14.2. The van der Waals surface area contributed by atoms with E-state index >= 15 is 0 Å². The van der Waals surface area contributed by atoms with Gasteiger partial charge in [0.1, 0.15) is 11.5 Å². The van der Waals surface area contributed by atoms with Crippen LogP contribution in [0.2, 0.25) is 0 Å². The van der Waals surface area contributed by atoms with E-state index in [4.69, 9.17) is 9.47 Å². The molecule has 24 heavy (non-hydrogen) atoms.